The number of hydrogen-bond donors (Lipinski definition) is 0. The molecule has 1 rings (SSSR count). The SMILES string of the molecule is CC1CCOC1CC(Cl)(Cl)Cl. The highest BCUT2D eigenvalue weighted by Gasteiger charge is 2.32. The van der Waals surface area contributed by atoms with Gasteiger partial charge in [0.25, 0.3) is 0 Å². The van der Waals surface area contributed by atoms with Crippen LogP contribution in [0, 0.1) is 5.92 Å². The highest BCUT2D eigenvalue weighted by atomic mass is 35.6. The van der Waals surface area contributed by atoms with Crippen LogP contribution in [0.5, 0.6) is 0 Å². The molecule has 2 atom stereocenters. The molecule has 11 heavy (non-hydrogen) atoms. The summed E-state index contributed by atoms with van der Waals surface area (Å²) in [5.74, 6) is 0.519. The number of rotatable bonds is 1. The van der Waals surface area contributed by atoms with Crippen LogP contribution in [0.1, 0.15) is 19.8 Å². The third-order valence-corrected chi connectivity index (χ3v) is 2.44. The molecule has 0 aliphatic carbocycles. The largest absolute Gasteiger partial charge is 0.378 e. The number of ether oxygens (including phenoxy) is 1. The Morgan fingerprint density at radius 3 is 2.45 bits per heavy atom. The summed E-state index contributed by atoms with van der Waals surface area (Å²) in [7, 11) is 0. The van der Waals surface area contributed by atoms with Crippen molar-refractivity contribution in [3.8, 4) is 0 Å². The molecule has 0 radical (unpaired) electrons. The maximum atomic E-state index is 5.63. The predicted molar refractivity (Wildman–Crippen MR) is 48.4 cm³/mol. The third kappa shape index (κ3) is 3.37. The van der Waals surface area contributed by atoms with E-state index in [9.17, 15) is 0 Å². The van der Waals surface area contributed by atoms with Gasteiger partial charge < -0.3 is 4.74 Å². The monoisotopic (exact) mass is 216 g/mol. The molecule has 1 aliphatic heterocycles. The van der Waals surface area contributed by atoms with E-state index in [1.807, 2.05) is 0 Å². The number of hydrogen-bond acceptors (Lipinski definition) is 1. The summed E-state index contributed by atoms with van der Waals surface area (Å²) >= 11 is 16.9. The maximum absolute atomic E-state index is 5.63. The number of alkyl halides is 3. The molecule has 0 aromatic heterocycles. The highest BCUT2D eigenvalue weighted by molar-refractivity contribution is 6.67. The van der Waals surface area contributed by atoms with Gasteiger partial charge in [-0.15, -0.1) is 0 Å². The molecule has 1 heterocycles. The molecule has 0 spiro atoms. The fourth-order valence-corrected chi connectivity index (χ4v) is 1.70. The van der Waals surface area contributed by atoms with E-state index < -0.39 is 3.79 Å². The Morgan fingerprint density at radius 1 is 1.45 bits per heavy atom. The normalized spacial score (nSPS) is 32.7. The second kappa shape index (κ2) is 3.69. The zero-order valence-electron chi connectivity index (χ0n) is 6.32. The van der Waals surface area contributed by atoms with Crippen molar-refractivity contribution in [1.82, 2.24) is 0 Å². The fourth-order valence-electron chi connectivity index (χ4n) is 1.24. The average molecular weight is 218 g/mol. The van der Waals surface area contributed by atoms with Gasteiger partial charge in [-0.05, 0) is 12.3 Å². The van der Waals surface area contributed by atoms with Crippen molar-refractivity contribution in [3.63, 3.8) is 0 Å². The van der Waals surface area contributed by atoms with E-state index in [2.05, 4.69) is 6.92 Å². The van der Waals surface area contributed by atoms with Crippen molar-refractivity contribution < 1.29 is 4.74 Å². The lowest BCUT2D eigenvalue weighted by Crippen LogP contribution is -2.20. The molecule has 2 unspecified atom stereocenters. The smallest absolute Gasteiger partial charge is 0.193 e. The Labute approximate surface area is 81.9 Å². The highest BCUT2D eigenvalue weighted by Crippen LogP contribution is 2.36. The topological polar surface area (TPSA) is 9.23 Å². The van der Waals surface area contributed by atoms with Crippen molar-refractivity contribution in [2.24, 2.45) is 5.92 Å². The van der Waals surface area contributed by atoms with E-state index in [0.29, 0.717) is 12.3 Å². The van der Waals surface area contributed by atoms with Gasteiger partial charge in [-0.25, -0.2) is 0 Å². The van der Waals surface area contributed by atoms with Gasteiger partial charge in [0.15, 0.2) is 3.79 Å². The maximum Gasteiger partial charge on any atom is 0.193 e. The molecule has 1 saturated heterocycles. The van der Waals surface area contributed by atoms with Crippen LogP contribution in [0.15, 0.2) is 0 Å². The lowest BCUT2D eigenvalue weighted by molar-refractivity contribution is 0.0881. The first-order valence-corrected chi connectivity index (χ1v) is 4.81. The second-order valence-electron chi connectivity index (χ2n) is 2.99. The second-order valence-corrected chi connectivity index (χ2v) is 5.51. The van der Waals surface area contributed by atoms with Crippen molar-refractivity contribution >= 4 is 34.8 Å². The quantitative estimate of drug-likeness (QED) is 0.613. The minimum absolute atomic E-state index is 0.127. The van der Waals surface area contributed by atoms with Crippen LogP contribution in [0.25, 0.3) is 0 Å². The summed E-state index contributed by atoms with van der Waals surface area (Å²) < 4.78 is 4.22. The van der Waals surface area contributed by atoms with Crippen LogP contribution in [0.3, 0.4) is 0 Å². The molecule has 0 aromatic carbocycles. The zero-order chi connectivity index (χ0) is 8.48. The lowest BCUT2D eigenvalue weighted by atomic mass is 10.0. The molecular weight excluding hydrogens is 206 g/mol. The summed E-state index contributed by atoms with van der Waals surface area (Å²) in [5.41, 5.74) is 0. The van der Waals surface area contributed by atoms with Crippen LogP contribution in [0.4, 0.5) is 0 Å². The number of halogens is 3. The lowest BCUT2D eigenvalue weighted by Gasteiger charge is -2.19. The average Bonchev–Trinajstić information content (AvgIpc) is 2.12. The summed E-state index contributed by atoms with van der Waals surface area (Å²) in [6.07, 6.45) is 1.70. The van der Waals surface area contributed by atoms with E-state index in [1.54, 1.807) is 0 Å². The van der Waals surface area contributed by atoms with Gasteiger partial charge >= 0.3 is 0 Å². The molecule has 0 aromatic rings. The van der Waals surface area contributed by atoms with E-state index in [1.165, 1.54) is 0 Å². The van der Waals surface area contributed by atoms with Crippen LogP contribution >= 0.6 is 34.8 Å². The standard InChI is InChI=1S/C7H11Cl3O/c1-5-2-3-11-6(5)4-7(8,9)10/h5-6H,2-4H2,1H3. The summed E-state index contributed by atoms with van der Waals surface area (Å²) in [6.45, 7) is 2.92. The van der Waals surface area contributed by atoms with Crippen molar-refractivity contribution in [2.75, 3.05) is 6.61 Å². The van der Waals surface area contributed by atoms with Crippen LogP contribution in [-0.4, -0.2) is 16.5 Å². The van der Waals surface area contributed by atoms with Gasteiger partial charge in [0.1, 0.15) is 0 Å². The van der Waals surface area contributed by atoms with Crippen LogP contribution in [0.2, 0.25) is 0 Å². The summed E-state index contributed by atoms with van der Waals surface area (Å²) in [6, 6.07) is 0. The molecule has 0 bridgehead atoms. The van der Waals surface area contributed by atoms with Crippen LogP contribution < -0.4 is 0 Å². The van der Waals surface area contributed by atoms with E-state index in [0.717, 1.165) is 13.0 Å². The van der Waals surface area contributed by atoms with E-state index >= 15 is 0 Å². The third-order valence-electron chi connectivity index (χ3n) is 1.97. The molecule has 0 saturated carbocycles. The first kappa shape index (κ1) is 9.91. The predicted octanol–water partition coefficient (Wildman–Crippen LogP) is 3.17. The van der Waals surface area contributed by atoms with E-state index in [4.69, 9.17) is 39.5 Å². The molecule has 4 heteroatoms. The Morgan fingerprint density at radius 2 is 2.09 bits per heavy atom. The Balaban J connectivity index is 2.37. The Hall–Kier alpha value is 0.830. The molecule has 1 aliphatic rings. The van der Waals surface area contributed by atoms with Gasteiger partial charge in [-0.2, -0.15) is 0 Å². The van der Waals surface area contributed by atoms with Gasteiger partial charge in [0.05, 0.1) is 6.10 Å². The van der Waals surface area contributed by atoms with Gasteiger partial charge in [0.2, 0.25) is 0 Å². The van der Waals surface area contributed by atoms with Crippen LogP contribution in [-0.2, 0) is 4.74 Å². The van der Waals surface area contributed by atoms with Crippen molar-refractivity contribution in [1.29, 1.82) is 0 Å². The molecule has 0 N–H and O–H groups in total. The molecular formula is C7H11Cl3O. The Kier molecular flexibility index (Phi) is 3.33. The zero-order valence-corrected chi connectivity index (χ0v) is 8.59. The van der Waals surface area contributed by atoms with Crippen molar-refractivity contribution in [3.05, 3.63) is 0 Å². The molecule has 1 nitrogen and oxygen atoms in total. The molecule has 0 amide bonds. The molecule has 66 valence electrons. The molecule has 1 fully saturated rings. The first-order valence-electron chi connectivity index (χ1n) is 3.67. The van der Waals surface area contributed by atoms with Gasteiger partial charge in [-0.1, -0.05) is 41.7 Å². The minimum atomic E-state index is -1.16. The summed E-state index contributed by atoms with van der Waals surface area (Å²) in [5, 5.41) is 0. The summed E-state index contributed by atoms with van der Waals surface area (Å²) in [4.78, 5) is 0. The minimum Gasteiger partial charge on any atom is -0.378 e. The van der Waals surface area contributed by atoms with E-state index in [-0.39, 0.29) is 6.10 Å². The van der Waals surface area contributed by atoms with Gasteiger partial charge in [0, 0.05) is 13.0 Å². The first-order chi connectivity index (χ1) is 4.99. The van der Waals surface area contributed by atoms with Crippen molar-refractivity contribution in [2.45, 2.75) is 29.7 Å². The van der Waals surface area contributed by atoms with Gasteiger partial charge in [-0.3, -0.25) is 0 Å². The Bertz CT molecular complexity index is 132. The fraction of sp³-hybridized carbons (Fsp3) is 1.00.